The summed E-state index contributed by atoms with van der Waals surface area (Å²) in [4.78, 5) is 9.81. The number of ether oxygens (including phenoxy) is 1. The Kier molecular flexibility index (Phi) is 1.85. The Balaban J connectivity index is 2.80. The largest absolute Gasteiger partial charge is 0.428 e. The van der Waals surface area contributed by atoms with E-state index in [1.54, 1.807) is 5.38 Å². The number of rotatable bonds is 2. The second-order valence-corrected chi connectivity index (χ2v) is 2.38. The van der Waals surface area contributed by atoms with Gasteiger partial charge in [-0.15, -0.1) is 11.3 Å². The van der Waals surface area contributed by atoms with Gasteiger partial charge in [-0.05, 0) is 12.3 Å². The Morgan fingerprint density at radius 3 is 2.89 bits per heavy atom. The SMILES string of the molecule is Cc1cscc1OC=O. The van der Waals surface area contributed by atoms with E-state index in [1.807, 2.05) is 12.3 Å². The molecule has 0 amide bonds. The van der Waals surface area contributed by atoms with Crippen LogP contribution in [0, 0.1) is 6.92 Å². The van der Waals surface area contributed by atoms with Crippen LogP contribution < -0.4 is 4.74 Å². The second kappa shape index (κ2) is 2.64. The molecule has 0 aliphatic carbocycles. The van der Waals surface area contributed by atoms with Gasteiger partial charge in [0.1, 0.15) is 5.75 Å². The Hall–Kier alpha value is -0.830. The van der Waals surface area contributed by atoms with Gasteiger partial charge in [-0.3, -0.25) is 4.79 Å². The lowest BCUT2D eigenvalue weighted by Crippen LogP contribution is -1.86. The van der Waals surface area contributed by atoms with Crippen LogP contribution in [0.15, 0.2) is 10.8 Å². The van der Waals surface area contributed by atoms with Gasteiger partial charge in [0.05, 0.1) is 0 Å². The van der Waals surface area contributed by atoms with Crippen molar-refractivity contribution >= 4 is 17.8 Å². The summed E-state index contributed by atoms with van der Waals surface area (Å²) in [7, 11) is 0. The smallest absolute Gasteiger partial charge is 0.298 e. The van der Waals surface area contributed by atoms with Gasteiger partial charge < -0.3 is 4.74 Å². The van der Waals surface area contributed by atoms with Crippen molar-refractivity contribution in [3.8, 4) is 5.75 Å². The van der Waals surface area contributed by atoms with Crippen LogP contribution in [0.5, 0.6) is 5.75 Å². The molecule has 1 heterocycles. The first-order valence-electron chi connectivity index (χ1n) is 2.47. The molecule has 0 spiro atoms. The molecule has 0 atom stereocenters. The third-order valence-electron chi connectivity index (χ3n) is 0.984. The zero-order chi connectivity index (χ0) is 6.69. The van der Waals surface area contributed by atoms with E-state index >= 15 is 0 Å². The predicted octanol–water partition coefficient (Wildman–Crippen LogP) is 1.59. The van der Waals surface area contributed by atoms with Crippen molar-refractivity contribution in [2.45, 2.75) is 6.92 Å². The van der Waals surface area contributed by atoms with Crippen molar-refractivity contribution in [2.75, 3.05) is 0 Å². The molecule has 0 aliphatic rings. The molecule has 1 aromatic rings. The van der Waals surface area contributed by atoms with E-state index in [2.05, 4.69) is 4.74 Å². The molecular formula is C6H6O2S. The molecule has 0 N–H and O–H groups in total. The van der Waals surface area contributed by atoms with E-state index < -0.39 is 0 Å². The third-order valence-corrected chi connectivity index (χ3v) is 1.82. The quantitative estimate of drug-likeness (QED) is 0.586. The van der Waals surface area contributed by atoms with E-state index in [1.165, 1.54) is 11.3 Å². The van der Waals surface area contributed by atoms with E-state index in [-0.39, 0.29) is 0 Å². The summed E-state index contributed by atoms with van der Waals surface area (Å²) in [6.07, 6.45) is 0. The third kappa shape index (κ3) is 1.29. The summed E-state index contributed by atoms with van der Waals surface area (Å²) in [6.45, 7) is 2.34. The van der Waals surface area contributed by atoms with Crippen molar-refractivity contribution in [1.29, 1.82) is 0 Å². The van der Waals surface area contributed by atoms with Gasteiger partial charge in [0.2, 0.25) is 0 Å². The monoisotopic (exact) mass is 142 g/mol. The number of thiophene rings is 1. The summed E-state index contributed by atoms with van der Waals surface area (Å²) < 4.78 is 4.61. The lowest BCUT2D eigenvalue weighted by Gasteiger charge is -1.90. The van der Waals surface area contributed by atoms with E-state index in [0.717, 1.165) is 5.56 Å². The molecule has 0 fully saturated rings. The molecule has 0 bridgehead atoms. The highest BCUT2D eigenvalue weighted by atomic mass is 32.1. The average Bonchev–Trinajstić information content (AvgIpc) is 2.18. The molecule has 9 heavy (non-hydrogen) atoms. The Labute approximate surface area is 57.1 Å². The Morgan fingerprint density at radius 2 is 2.44 bits per heavy atom. The Bertz CT molecular complexity index is 205. The van der Waals surface area contributed by atoms with Crippen molar-refractivity contribution in [3.05, 3.63) is 16.3 Å². The minimum Gasteiger partial charge on any atom is -0.428 e. The standard InChI is InChI=1S/C6H6O2S/c1-5-2-9-3-6(5)8-4-7/h2-4H,1H3. The number of hydrogen-bond acceptors (Lipinski definition) is 3. The van der Waals surface area contributed by atoms with Crippen LogP contribution in [0.3, 0.4) is 0 Å². The fraction of sp³-hybridized carbons (Fsp3) is 0.167. The van der Waals surface area contributed by atoms with Crippen LogP contribution in [0.4, 0.5) is 0 Å². The van der Waals surface area contributed by atoms with Gasteiger partial charge in [-0.25, -0.2) is 0 Å². The lowest BCUT2D eigenvalue weighted by atomic mass is 10.4. The van der Waals surface area contributed by atoms with Crippen LogP contribution in [-0.4, -0.2) is 6.47 Å². The molecule has 3 heteroatoms. The maximum absolute atomic E-state index is 9.81. The molecule has 0 saturated heterocycles. The normalized spacial score (nSPS) is 9.00. The van der Waals surface area contributed by atoms with Crippen LogP contribution in [-0.2, 0) is 4.79 Å². The number of hydrogen-bond donors (Lipinski definition) is 0. The van der Waals surface area contributed by atoms with Gasteiger partial charge >= 0.3 is 0 Å². The maximum atomic E-state index is 9.81. The van der Waals surface area contributed by atoms with Gasteiger partial charge in [0.15, 0.2) is 0 Å². The number of aryl methyl sites for hydroxylation is 1. The maximum Gasteiger partial charge on any atom is 0.298 e. The molecule has 2 nitrogen and oxygen atoms in total. The number of carbonyl (C=O) groups excluding carboxylic acids is 1. The molecule has 48 valence electrons. The molecule has 1 rings (SSSR count). The van der Waals surface area contributed by atoms with Crippen molar-refractivity contribution in [2.24, 2.45) is 0 Å². The highest BCUT2D eigenvalue weighted by molar-refractivity contribution is 7.08. The number of carbonyl (C=O) groups is 1. The fourth-order valence-corrected chi connectivity index (χ4v) is 1.27. The molecule has 0 saturated carbocycles. The molecule has 0 radical (unpaired) electrons. The van der Waals surface area contributed by atoms with Gasteiger partial charge in [-0.2, -0.15) is 0 Å². The first-order valence-corrected chi connectivity index (χ1v) is 3.42. The fourth-order valence-electron chi connectivity index (χ4n) is 0.521. The van der Waals surface area contributed by atoms with E-state index in [0.29, 0.717) is 12.2 Å². The molecular weight excluding hydrogens is 136 g/mol. The van der Waals surface area contributed by atoms with Crippen molar-refractivity contribution < 1.29 is 9.53 Å². The zero-order valence-electron chi connectivity index (χ0n) is 4.96. The summed E-state index contributed by atoms with van der Waals surface area (Å²) in [5.41, 5.74) is 1.01. The summed E-state index contributed by atoms with van der Waals surface area (Å²) >= 11 is 1.52. The van der Waals surface area contributed by atoms with Gasteiger partial charge in [-0.1, -0.05) is 0 Å². The van der Waals surface area contributed by atoms with Crippen LogP contribution >= 0.6 is 11.3 Å². The molecule has 0 aliphatic heterocycles. The zero-order valence-corrected chi connectivity index (χ0v) is 5.77. The van der Waals surface area contributed by atoms with Crippen molar-refractivity contribution in [3.63, 3.8) is 0 Å². The highest BCUT2D eigenvalue weighted by Gasteiger charge is 1.96. The lowest BCUT2D eigenvalue weighted by molar-refractivity contribution is -0.120. The second-order valence-electron chi connectivity index (χ2n) is 1.63. The van der Waals surface area contributed by atoms with Crippen LogP contribution in [0.2, 0.25) is 0 Å². The first kappa shape index (κ1) is 6.29. The predicted molar refractivity (Wildman–Crippen MR) is 35.7 cm³/mol. The highest BCUT2D eigenvalue weighted by Crippen LogP contribution is 2.20. The van der Waals surface area contributed by atoms with Crippen molar-refractivity contribution in [1.82, 2.24) is 0 Å². The average molecular weight is 142 g/mol. The molecule has 0 unspecified atom stereocenters. The molecule has 0 aromatic carbocycles. The topological polar surface area (TPSA) is 26.3 Å². The van der Waals surface area contributed by atoms with Gasteiger partial charge in [0, 0.05) is 10.9 Å². The summed E-state index contributed by atoms with van der Waals surface area (Å²) in [5, 5.41) is 3.72. The Morgan fingerprint density at radius 1 is 1.67 bits per heavy atom. The van der Waals surface area contributed by atoms with Crippen LogP contribution in [0.1, 0.15) is 5.56 Å². The van der Waals surface area contributed by atoms with E-state index in [9.17, 15) is 4.79 Å². The first-order chi connectivity index (χ1) is 4.34. The van der Waals surface area contributed by atoms with Gasteiger partial charge in [0.25, 0.3) is 6.47 Å². The molecule has 1 aromatic heterocycles. The van der Waals surface area contributed by atoms with Crippen LogP contribution in [0.25, 0.3) is 0 Å². The minimum absolute atomic E-state index is 0.440. The minimum atomic E-state index is 0.440. The summed E-state index contributed by atoms with van der Waals surface area (Å²) in [5.74, 6) is 0.662. The summed E-state index contributed by atoms with van der Waals surface area (Å²) in [6, 6.07) is 0. The van der Waals surface area contributed by atoms with E-state index in [4.69, 9.17) is 0 Å².